The molecule has 50 heavy (non-hydrogen) atoms. The Morgan fingerprint density at radius 2 is 1.64 bits per heavy atom. The van der Waals surface area contributed by atoms with Gasteiger partial charge in [0.15, 0.2) is 0 Å². The van der Waals surface area contributed by atoms with Crippen LogP contribution in [0.3, 0.4) is 0 Å². The number of pyridine rings is 1. The molecule has 0 saturated heterocycles. The van der Waals surface area contributed by atoms with E-state index in [9.17, 15) is 37.1 Å². The van der Waals surface area contributed by atoms with E-state index in [-0.39, 0.29) is 40.5 Å². The number of ether oxygens (including phenoxy) is 1. The van der Waals surface area contributed by atoms with Crippen LogP contribution in [-0.4, -0.2) is 53.0 Å². The second kappa shape index (κ2) is 13.8. The van der Waals surface area contributed by atoms with Crippen molar-refractivity contribution in [2.45, 2.75) is 32.0 Å². The van der Waals surface area contributed by atoms with Gasteiger partial charge in [0.1, 0.15) is 23.7 Å². The Morgan fingerprint density at radius 3 is 2.34 bits per heavy atom. The van der Waals surface area contributed by atoms with Crippen molar-refractivity contribution >= 4 is 35.2 Å². The predicted molar refractivity (Wildman–Crippen MR) is 173 cm³/mol. The second-order valence-electron chi connectivity index (χ2n) is 11.9. The van der Waals surface area contributed by atoms with Gasteiger partial charge in [-0.15, -0.1) is 0 Å². The molecule has 3 aromatic carbocycles. The molecule has 5 amide bonds. The maximum Gasteiger partial charge on any atom is 0.416 e. The summed E-state index contributed by atoms with van der Waals surface area (Å²) in [5, 5.41) is 7.57. The van der Waals surface area contributed by atoms with Gasteiger partial charge in [-0.05, 0) is 84.5 Å². The van der Waals surface area contributed by atoms with Crippen LogP contribution in [0.1, 0.15) is 59.9 Å². The van der Waals surface area contributed by atoms with E-state index >= 15 is 0 Å². The number of aryl methyl sites for hydroxylation is 1. The summed E-state index contributed by atoms with van der Waals surface area (Å²) < 4.78 is 47.5. The summed E-state index contributed by atoms with van der Waals surface area (Å²) >= 11 is 0. The number of nitrogens with one attached hydrogen (secondary N) is 3. The number of hydrogen-bond acceptors (Lipinski definition) is 7. The molecule has 0 fully saturated rings. The third-order valence-corrected chi connectivity index (χ3v) is 8.46. The Bertz CT molecular complexity index is 2000. The lowest BCUT2D eigenvalue weighted by atomic mass is 9.83. The fourth-order valence-electron chi connectivity index (χ4n) is 5.94. The molecule has 4 aromatic rings. The largest absolute Gasteiger partial charge is 0.457 e. The molecule has 1 unspecified atom stereocenters. The lowest BCUT2D eigenvalue weighted by molar-refractivity contribution is -0.137. The van der Waals surface area contributed by atoms with E-state index in [1.165, 1.54) is 37.5 Å². The van der Waals surface area contributed by atoms with Gasteiger partial charge in [0.25, 0.3) is 17.7 Å². The van der Waals surface area contributed by atoms with Crippen LogP contribution in [0.2, 0.25) is 0 Å². The van der Waals surface area contributed by atoms with Crippen molar-refractivity contribution in [1.82, 2.24) is 20.5 Å². The lowest BCUT2D eigenvalue weighted by Gasteiger charge is -2.25. The molecular formula is C36H30F3N5O6. The normalized spacial score (nSPS) is 15.2. The van der Waals surface area contributed by atoms with E-state index in [4.69, 9.17) is 4.74 Å². The summed E-state index contributed by atoms with van der Waals surface area (Å²) in [7, 11) is 1.49. The average Bonchev–Trinajstić information content (AvgIpc) is 3.34. The first-order valence-corrected chi connectivity index (χ1v) is 15.6. The topological polar surface area (TPSA) is 147 Å². The number of aromatic nitrogens is 1. The molecule has 256 valence electrons. The molecule has 11 nitrogen and oxygen atoms in total. The molecule has 1 aromatic heterocycles. The molecule has 0 bridgehead atoms. The second-order valence-corrected chi connectivity index (χ2v) is 11.9. The highest BCUT2D eigenvalue weighted by atomic mass is 19.4. The van der Waals surface area contributed by atoms with Crippen molar-refractivity contribution in [3.05, 3.63) is 118 Å². The quantitative estimate of drug-likeness (QED) is 0.212. The monoisotopic (exact) mass is 685 g/mol. The Labute approximate surface area is 283 Å². The van der Waals surface area contributed by atoms with Crippen LogP contribution in [0.25, 0.3) is 0 Å². The fraction of sp³-hybridized carbons (Fsp3) is 0.222. The highest BCUT2D eigenvalue weighted by Crippen LogP contribution is 2.34. The van der Waals surface area contributed by atoms with Gasteiger partial charge in [0.2, 0.25) is 11.8 Å². The first-order valence-electron chi connectivity index (χ1n) is 15.6. The van der Waals surface area contributed by atoms with Crippen LogP contribution >= 0.6 is 0 Å². The minimum Gasteiger partial charge on any atom is -0.457 e. The van der Waals surface area contributed by atoms with E-state index in [0.717, 1.165) is 28.2 Å². The van der Waals surface area contributed by atoms with E-state index < -0.39 is 47.8 Å². The summed E-state index contributed by atoms with van der Waals surface area (Å²) in [6.07, 6.45) is -1.94. The summed E-state index contributed by atoms with van der Waals surface area (Å²) in [6.45, 7) is -0.957. The number of amides is 5. The minimum absolute atomic E-state index is 0.0531. The summed E-state index contributed by atoms with van der Waals surface area (Å²) in [5.74, 6) is -2.53. The number of alkyl halides is 3. The highest BCUT2D eigenvalue weighted by molar-refractivity contribution is 6.22. The molecule has 1 aliphatic heterocycles. The van der Waals surface area contributed by atoms with Gasteiger partial charge < -0.3 is 20.7 Å². The molecule has 3 N–H and O–H groups in total. The van der Waals surface area contributed by atoms with E-state index in [0.29, 0.717) is 30.8 Å². The zero-order valence-electron chi connectivity index (χ0n) is 26.6. The van der Waals surface area contributed by atoms with E-state index in [2.05, 4.69) is 20.9 Å². The molecule has 2 aliphatic rings. The maximum absolute atomic E-state index is 13.8. The third-order valence-electron chi connectivity index (χ3n) is 8.46. The molecule has 14 heteroatoms. The van der Waals surface area contributed by atoms with Crippen LogP contribution in [0.4, 0.5) is 18.9 Å². The van der Waals surface area contributed by atoms with Crippen LogP contribution in [-0.2, 0) is 35.2 Å². The van der Waals surface area contributed by atoms with Gasteiger partial charge in [-0.25, -0.2) is 0 Å². The minimum atomic E-state index is -4.74. The van der Waals surface area contributed by atoms with Gasteiger partial charge in [-0.3, -0.25) is 33.9 Å². The molecule has 1 aliphatic carbocycles. The number of imide groups is 1. The summed E-state index contributed by atoms with van der Waals surface area (Å²) in [4.78, 5) is 67.9. The number of carbonyl (C=O) groups is 5. The zero-order valence-corrected chi connectivity index (χ0v) is 26.6. The van der Waals surface area contributed by atoms with Crippen LogP contribution in [0.5, 0.6) is 11.5 Å². The van der Waals surface area contributed by atoms with Crippen LogP contribution in [0, 0.1) is 5.92 Å². The Hall–Kier alpha value is -6.05. The number of nitrogens with zero attached hydrogens (tertiary/aromatic N) is 2. The van der Waals surface area contributed by atoms with Crippen LogP contribution in [0.15, 0.2) is 79.0 Å². The average molecular weight is 686 g/mol. The van der Waals surface area contributed by atoms with Crippen molar-refractivity contribution in [1.29, 1.82) is 0 Å². The number of halogens is 3. The molecule has 2 heterocycles. The molecule has 0 spiro atoms. The Kier molecular flexibility index (Phi) is 9.35. The first-order chi connectivity index (χ1) is 23.9. The Morgan fingerprint density at radius 1 is 0.920 bits per heavy atom. The maximum atomic E-state index is 13.8. The first kappa shape index (κ1) is 33.8. The lowest BCUT2D eigenvalue weighted by Crippen LogP contribution is -2.40. The number of benzene rings is 3. The molecule has 1 atom stereocenters. The molecular weight excluding hydrogens is 655 g/mol. The van der Waals surface area contributed by atoms with Crippen molar-refractivity contribution < 1.29 is 41.9 Å². The van der Waals surface area contributed by atoms with Crippen LogP contribution < -0.4 is 20.7 Å². The fourth-order valence-corrected chi connectivity index (χ4v) is 5.94. The van der Waals surface area contributed by atoms with Gasteiger partial charge in [0.05, 0.1) is 16.7 Å². The molecule has 0 saturated carbocycles. The van der Waals surface area contributed by atoms with E-state index in [1.807, 2.05) is 6.07 Å². The number of carbonyl (C=O) groups excluding carboxylic acids is 5. The van der Waals surface area contributed by atoms with Crippen molar-refractivity contribution in [3.8, 4) is 11.5 Å². The predicted octanol–water partition coefficient (Wildman–Crippen LogP) is 4.91. The summed E-state index contributed by atoms with van der Waals surface area (Å²) in [6, 6.07) is 17.7. The van der Waals surface area contributed by atoms with Gasteiger partial charge in [0, 0.05) is 37.5 Å². The Balaban J connectivity index is 1.11. The smallest absolute Gasteiger partial charge is 0.416 e. The third kappa shape index (κ3) is 7.33. The molecule has 0 radical (unpaired) electrons. The highest BCUT2D eigenvalue weighted by Gasteiger charge is 2.36. The SMILES string of the molecule is CNC(=O)c1cc(Oc2ccc3c(c2)CC(C(=O)Nc2cc(CNC(=O)CN4C(=O)c5ccccc5C4=O)cc(C(F)(F)F)c2)CC3)ccn1. The number of anilines is 1. The standard InChI is InChI=1S/C36H30F3N5O6/c1-40-33(47)30-17-27(10-11-41-30)50-26-9-8-21-6-7-22(14-23(21)15-26)32(46)43-25-13-20(12-24(16-25)36(37,38)39)18-42-31(45)19-44-34(48)28-4-2-3-5-29(28)35(44)49/h2-5,8-13,15-17,22H,6-7,14,18-19H2,1H3,(H,40,47)(H,42,45)(H,43,46). The van der Waals surface area contributed by atoms with E-state index in [1.54, 1.807) is 30.3 Å². The number of fused-ring (bicyclic) bond motifs is 2. The number of rotatable bonds is 9. The zero-order chi connectivity index (χ0) is 35.6. The van der Waals surface area contributed by atoms with Crippen molar-refractivity contribution in [2.75, 3.05) is 18.9 Å². The van der Waals surface area contributed by atoms with Crippen molar-refractivity contribution in [3.63, 3.8) is 0 Å². The molecule has 6 rings (SSSR count). The van der Waals surface area contributed by atoms with Gasteiger partial charge >= 0.3 is 6.18 Å². The van der Waals surface area contributed by atoms with Gasteiger partial charge in [-0.1, -0.05) is 18.2 Å². The number of hydrogen-bond donors (Lipinski definition) is 3. The summed E-state index contributed by atoms with van der Waals surface area (Å²) in [5.41, 5.74) is 1.31. The van der Waals surface area contributed by atoms with Gasteiger partial charge in [-0.2, -0.15) is 13.2 Å². The van der Waals surface area contributed by atoms with Crippen molar-refractivity contribution in [2.24, 2.45) is 5.92 Å².